The molecule has 1 aromatic carbocycles. The predicted octanol–water partition coefficient (Wildman–Crippen LogP) is 3.23. The Labute approximate surface area is 131 Å². The third-order valence-electron chi connectivity index (χ3n) is 3.80. The maximum absolute atomic E-state index is 12.4. The molecule has 2 aromatic rings. The number of nitrogen functional groups attached to an aromatic ring is 1. The lowest BCUT2D eigenvalue weighted by atomic mass is 9.87. The fourth-order valence-corrected chi connectivity index (χ4v) is 3.10. The molecule has 3 rings (SSSR count). The number of halogens is 1. The van der Waals surface area contributed by atoms with Crippen LogP contribution in [0.1, 0.15) is 40.4 Å². The van der Waals surface area contributed by atoms with E-state index in [9.17, 15) is 4.79 Å². The normalized spacial score (nSPS) is 17.1. The summed E-state index contributed by atoms with van der Waals surface area (Å²) < 4.78 is 0.742. The lowest BCUT2D eigenvalue weighted by Gasteiger charge is -2.26. The van der Waals surface area contributed by atoms with Crippen LogP contribution in [0.3, 0.4) is 0 Å². The van der Waals surface area contributed by atoms with Crippen LogP contribution in [0.25, 0.3) is 0 Å². The van der Waals surface area contributed by atoms with Crippen LogP contribution in [0.5, 0.6) is 0 Å². The second kappa shape index (κ2) is 5.85. The highest BCUT2D eigenvalue weighted by atomic mass is 79.9. The Morgan fingerprint density at radius 1 is 1.38 bits per heavy atom. The minimum atomic E-state index is -0.178. The Morgan fingerprint density at radius 3 is 3.05 bits per heavy atom. The molecular weight excluding hydrogens is 330 g/mol. The van der Waals surface area contributed by atoms with Crippen LogP contribution in [0.4, 0.5) is 5.82 Å². The number of nitrogens with one attached hydrogen (secondary N) is 1. The number of amides is 1. The largest absolute Gasteiger partial charge is 0.383 e. The molecule has 21 heavy (non-hydrogen) atoms. The summed E-state index contributed by atoms with van der Waals surface area (Å²) in [7, 11) is 0. The minimum absolute atomic E-state index is 0.0424. The second-order valence-electron chi connectivity index (χ2n) is 5.20. The van der Waals surface area contributed by atoms with Gasteiger partial charge in [0.1, 0.15) is 5.82 Å². The number of nitrogens with zero attached hydrogens (tertiary/aromatic N) is 1. The second-order valence-corrected chi connectivity index (χ2v) is 6.12. The van der Waals surface area contributed by atoms with Gasteiger partial charge in [-0.1, -0.05) is 24.3 Å². The zero-order valence-electron chi connectivity index (χ0n) is 11.5. The van der Waals surface area contributed by atoms with Crippen molar-refractivity contribution in [3.8, 4) is 0 Å². The number of hydrogen-bond acceptors (Lipinski definition) is 3. The van der Waals surface area contributed by atoms with E-state index in [0.717, 1.165) is 23.7 Å². The topological polar surface area (TPSA) is 68.0 Å². The fraction of sp³-hybridized carbons (Fsp3) is 0.250. The van der Waals surface area contributed by atoms with Crippen LogP contribution >= 0.6 is 15.9 Å². The summed E-state index contributed by atoms with van der Waals surface area (Å²) in [4.78, 5) is 16.5. The molecule has 5 heteroatoms. The van der Waals surface area contributed by atoms with Crippen molar-refractivity contribution in [3.05, 3.63) is 57.7 Å². The number of hydrogen-bond donors (Lipinski definition) is 2. The number of carbonyl (C=O) groups excluding carboxylic acids is 1. The van der Waals surface area contributed by atoms with Gasteiger partial charge in [0.05, 0.1) is 11.6 Å². The first-order valence-electron chi connectivity index (χ1n) is 6.95. The molecule has 1 unspecified atom stereocenters. The summed E-state index contributed by atoms with van der Waals surface area (Å²) in [5.74, 6) is 0.0720. The van der Waals surface area contributed by atoms with E-state index < -0.39 is 0 Å². The fourth-order valence-electron chi connectivity index (χ4n) is 2.77. The van der Waals surface area contributed by atoms with Crippen molar-refractivity contribution >= 4 is 27.7 Å². The van der Waals surface area contributed by atoms with Crippen LogP contribution in [0.15, 0.2) is 41.0 Å². The molecule has 1 atom stereocenters. The Hall–Kier alpha value is -1.88. The lowest BCUT2D eigenvalue weighted by Crippen LogP contribution is -2.31. The van der Waals surface area contributed by atoms with E-state index in [4.69, 9.17) is 5.73 Å². The molecule has 1 amide bonds. The number of aromatic nitrogens is 1. The molecule has 1 heterocycles. The Balaban J connectivity index is 1.84. The van der Waals surface area contributed by atoms with Gasteiger partial charge in [0.15, 0.2) is 0 Å². The molecule has 1 aliphatic carbocycles. The van der Waals surface area contributed by atoms with Gasteiger partial charge >= 0.3 is 0 Å². The van der Waals surface area contributed by atoms with Crippen molar-refractivity contribution in [2.24, 2.45) is 0 Å². The highest BCUT2D eigenvalue weighted by Crippen LogP contribution is 2.30. The van der Waals surface area contributed by atoms with Gasteiger partial charge in [0, 0.05) is 10.7 Å². The predicted molar refractivity (Wildman–Crippen MR) is 85.9 cm³/mol. The van der Waals surface area contributed by atoms with E-state index in [1.54, 1.807) is 12.3 Å². The molecule has 0 saturated heterocycles. The number of nitrogens with two attached hydrogens (primary N) is 1. The standard InChI is InChI=1S/C16H16BrN3O/c17-11-8-13(15(18)19-9-11)16(21)20-14-7-3-5-10-4-1-2-6-12(10)14/h1-2,4,6,8-9,14H,3,5,7H2,(H2,18,19)(H,20,21). The van der Waals surface area contributed by atoms with Gasteiger partial charge in [-0.05, 0) is 52.4 Å². The molecule has 0 bridgehead atoms. The van der Waals surface area contributed by atoms with Crippen LogP contribution < -0.4 is 11.1 Å². The quantitative estimate of drug-likeness (QED) is 0.877. The third-order valence-corrected chi connectivity index (χ3v) is 4.24. The molecule has 1 aromatic heterocycles. The van der Waals surface area contributed by atoms with Crippen LogP contribution in [-0.2, 0) is 6.42 Å². The summed E-state index contributed by atoms with van der Waals surface area (Å²) in [6.07, 6.45) is 4.68. The summed E-state index contributed by atoms with van der Waals surface area (Å²) in [5, 5.41) is 3.08. The van der Waals surface area contributed by atoms with Gasteiger partial charge < -0.3 is 11.1 Å². The Kier molecular flexibility index (Phi) is 3.92. The first-order chi connectivity index (χ1) is 10.1. The van der Waals surface area contributed by atoms with E-state index >= 15 is 0 Å². The van der Waals surface area contributed by atoms with E-state index in [-0.39, 0.29) is 17.8 Å². The molecule has 3 N–H and O–H groups in total. The van der Waals surface area contributed by atoms with Crippen molar-refractivity contribution in [1.82, 2.24) is 10.3 Å². The average molecular weight is 346 g/mol. The van der Waals surface area contributed by atoms with E-state index in [1.165, 1.54) is 11.1 Å². The Bertz CT molecular complexity index is 687. The van der Waals surface area contributed by atoms with Crippen LogP contribution in [0, 0.1) is 0 Å². The number of rotatable bonds is 2. The molecule has 0 spiro atoms. The van der Waals surface area contributed by atoms with Gasteiger partial charge in [0.25, 0.3) is 5.91 Å². The first-order valence-corrected chi connectivity index (χ1v) is 7.74. The highest BCUT2D eigenvalue weighted by Gasteiger charge is 2.22. The van der Waals surface area contributed by atoms with Crippen molar-refractivity contribution in [1.29, 1.82) is 0 Å². The first kappa shape index (κ1) is 14.1. The maximum Gasteiger partial charge on any atom is 0.255 e. The number of fused-ring (bicyclic) bond motifs is 1. The molecule has 0 radical (unpaired) electrons. The van der Waals surface area contributed by atoms with Crippen molar-refractivity contribution in [2.45, 2.75) is 25.3 Å². The molecule has 4 nitrogen and oxygen atoms in total. The van der Waals surface area contributed by atoms with E-state index in [1.807, 2.05) is 12.1 Å². The Morgan fingerprint density at radius 2 is 2.19 bits per heavy atom. The molecular formula is C16H16BrN3O. The summed E-state index contributed by atoms with van der Waals surface area (Å²) in [6.45, 7) is 0. The van der Waals surface area contributed by atoms with Crippen LogP contribution in [0.2, 0.25) is 0 Å². The van der Waals surface area contributed by atoms with E-state index in [2.05, 4.69) is 38.4 Å². The van der Waals surface area contributed by atoms with Crippen molar-refractivity contribution in [3.63, 3.8) is 0 Å². The number of benzene rings is 1. The zero-order chi connectivity index (χ0) is 14.8. The minimum Gasteiger partial charge on any atom is -0.383 e. The summed E-state index contributed by atoms with van der Waals surface area (Å²) in [5.41, 5.74) is 8.73. The molecule has 0 aliphatic heterocycles. The van der Waals surface area contributed by atoms with Crippen LogP contribution in [-0.4, -0.2) is 10.9 Å². The SMILES string of the molecule is Nc1ncc(Br)cc1C(=O)NC1CCCc2ccccc21. The van der Waals surface area contributed by atoms with Gasteiger partial charge in [-0.2, -0.15) is 0 Å². The van der Waals surface area contributed by atoms with Crippen molar-refractivity contribution in [2.75, 3.05) is 5.73 Å². The smallest absolute Gasteiger partial charge is 0.255 e. The number of aryl methyl sites for hydroxylation is 1. The van der Waals surface area contributed by atoms with E-state index in [0.29, 0.717) is 5.56 Å². The third kappa shape index (κ3) is 2.93. The number of anilines is 1. The monoisotopic (exact) mass is 345 g/mol. The van der Waals surface area contributed by atoms with Gasteiger partial charge in [0.2, 0.25) is 0 Å². The highest BCUT2D eigenvalue weighted by molar-refractivity contribution is 9.10. The van der Waals surface area contributed by atoms with Gasteiger partial charge in [-0.25, -0.2) is 4.98 Å². The molecule has 0 fully saturated rings. The summed E-state index contributed by atoms with van der Waals surface area (Å²) >= 11 is 3.32. The zero-order valence-corrected chi connectivity index (χ0v) is 13.1. The lowest BCUT2D eigenvalue weighted by molar-refractivity contribution is 0.0933. The average Bonchev–Trinajstić information content (AvgIpc) is 2.50. The maximum atomic E-state index is 12.4. The molecule has 0 saturated carbocycles. The van der Waals surface area contributed by atoms with Gasteiger partial charge in [-0.15, -0.1) is 0 Å². The summed E-state index contributed by atoms with van der Waals surface area (Å²) in [6, 6.07) is 10.0. The molecule has 1 aliphatic rings. The van der Waals surface area contributed by atoms with Gasteiger partial charge in [-0.3, -0.25) is 4.79 Å². The number of carbonyl (C=O) groups is 1. The molecule has 108 valence electrons. The van der Waals surface area contributed by atoms with Crippen molar-refractivity contribution < 1.29 is 4.79 Å². The number of pyridine rings is 1.